The van der Waals surface area contributed by atoms with Gasteiger partial charge in [-0.1, -0.05) is 0 Å². The number of carbonyl (C=O) groups excluding carboxylic acids is 2. The minimum atomic E-state index is -0.870. The van der Waals surface area contributed by atoms with Gasteiger partial charge < -0.3 is 0 Å². The number of Topliss-reactive ketones (excluding diaryl/α,β-unsaturated/α-hetero) is 2. The molecule has 0 amide bonds. The van der Waals surface area contributed by atoms with Crippen LogP contribution in [-0.4, -0.2) is 32.0 Å². The molecular formula is C36H27NO2Te. The number of allylic oxidation sites excluding steroid dienone is 1. The number of hydrogen-bond acceptors (Lipinski definition) is 3. The molecule has 0 fully saturated rings. The van der Waals surface area contributed by atoms with Gasteiger partial charge in [0.05, 0.1) is 0 Å². The van der Waals surface area contributed by atoms with Crippen LogP contribution in [0.3, 0.4) is 0 Å². The third-order valence-electron chi connectivity index (χ3n) is 9.18. The number of nitrogens with zero attached hydrogens (tertiary/aromatic N) is 1. The predicted molar refractivity (Wildman–Crippen MR) is 163 cm³/mol. The molecule has 0 unspecified atom stereocenters. The molecule has 4 heteroatoms. The molecule has 2 aliphatic heterocycles. The monoisotopic (exact) mass is 635 g/mol. The first-order valence-corrected chi connectivity index (χ1v) is 16.0. The Balaban J connectivity index is 1.32. The molecule has 40 heavy (non-hydrogen) atoms. The Morgan fingerprint density at radius 2 is 1.20 bits per heavy atom. The van der Waals surface area contributed by atoms with Gasteiger partial charge >= 0.3 is 244 Å². The average Bonchev–Trinajstić information content (AvgIpc) is 3.47. The summed E-state index contributed by atoms with van der Waals surface area (Å²) in [5, 5.41) is 1.97. The quantitative estimate of drug-likeness (QED) is 0.106. The number of carbonyl (C=O) groups is 2. The molecule has 0 saturated carbocycles. The Morgan fingerprint density at radius 3 is 1.85 bits per heavy atom. The van der Waals surface area contributed by atoms with Crippen molar-refractivity contribution in [1.82, 2.24) is 0 Å². The zero-order valence-electron chi connectivity index (χ0n) is 22.8. The molecule has 0 N–H and O–H groups in total. The SMILES string of the molecule is CC1(C)c2ccccc2N2c3[te]c(C=C4C(=O)c5cc6ccccc6cc5C4=O)cc3C(C)(C)c3cccc1c32. The fourth-order valence-corrected chi connectivity index (χ4v) is 10.6. The summed E-state index contributed by atoms with van der Waals surface area (Å²) in [4.78, 5) is 29.6. The molecule has 0 bridgehead atoms. The zero-order chi connectivity index (χ0) is 27.6. The standard InChI is InChI=1S/C36H27NO2Te/c1-35(2)26-12-7-8-15-30(26)37-31-27(35)13-9-14-28(31)36(3,4)29-19-22(40-34(29)37)18-25-32(38)23-16-20-10-5-6-11-21(20)17-24(23)33(25)39/h5-19H,1-4H3. The van der Waals surface area contributed by atoms with Crippen molar-refractivity contribution in [3.8, 4) is 0 Å². The normalized spacial score (nSPS) is 17.4. The van der Waals surface area contributed by atoms with Crippen molar-refractivity contribution in [2.75, 3.05) is 4.90 Å². The molecular weight excluding hydrogens is 606 g/mol. The van der Waals surface area contributed by atoms with E-state index in [9.17, 15) is 9.59 Å². The summed E-state index contributed by atoms with van der Waals surface area (Å²) in [6.45, 7) is 9.28. The van der Waals surface area contributed by atoms with Crippen molar-refractivity contribution in [1.29, 1.82) is 0 Å². The molecule has 0 saturated heterocycles. The molecule has 1 aromatic heterocycles. The van der Waals surface area contributed by atoms with Crippen LogP contribution in [-0.2, 0) is 10.8 Å². The van der Waals surface area contributed by atoms with Crippen molar-refractivity contribution in [3.63, 3.8) is 0 Å². The van der Waals surface area contributed by atoms with Crippen LogP contribution in [0.4, 0.5) is 15.1 Å². The van der Waals surface area contributed by atoms with Crippen LogP contribution in [0.5, 0.6) is 0 Å². The van der Waals surface area contributed by atoms with Crippen LogP contribution in [0.1, 0.15) is 74.2 Å². The zero-order valence-corrected chi connectivity index (χ0v) is 25.2. The Labute approximate surface area is 243 Å². The van der Waals surface area contributed by atoms with Crippen LogP contribution in [0.25, 0.3) is 16.8 Å². The van der Waals surface area contributed by atoms with E-state index >= 15 is 0 Å². The average molecular weight is 633 g/mol. The van der Waals surface area contributed by atoms with Crippen molar-refractivity contribution in [3.05, 3.63) is 127 Å². The molecule has 3 aliphatic rings. The van der Waals surface area contributed by atoms with Crippen molar-refractivity contribution < 1.29 is 9.59 Å². The number of rotatable bonds is 1. The fourth-order valence-electron chi connectivity index (χ4n) is 6.98. The molecule has 0 atom stereocenters. The third-order valence-corrected chi connectivity index (χ3v) is 12.2. The summed E-state index contributed by atoms with van der Waals surface area (Å²) in [5.41, 5.74) is 8.94. The molecule has 8 rings (SSSR count). The first kappa shape index (κ1) is 24.1. The van der Waals surface area contributed by atoms with Crippen LogP contribution in [0.2, 0.25) is 0 Å². The van der Waals surface area contributed by atoms with Crippen LogP contribution in [0, 0.1) is 0 Å². The first-order chi connectivity index (χ1) is 19.2. The van der Waals surface area contributed by atoms with Gasteiger partial charge in [0.2, 0.25) is 0 Å². The van der Waals surface area contributed by atoms with Gasteiger partial charge in [-0.3, -0.25) is 0 Å². The fraction of sp³-hybridized carbons (Fsp3) is 0.167. The number of hydrogen-bond donors (Lipinski definition) is 0. The molecule has 0 spiro atoms. The van der Waals surface area contributed by atoms with Crippen molar-refractivity contribution >= 4 is 63.9 Å². The summed E-state index contributed by atoms with van der Waals surface area (Å²) in [6, 6.07) is 29.5. The van der Waals surface area contributed by atoms with Gasteiger partial charge in [0.1, 0.15) is 0 Å². The third kappa shape index (κ3) is 3.01. The minimum absolute atomic E-state index is 0.109. The van der Waals surface area contributed by atoms with Gasteiger partial charge in [-0.05, 0) is 0 Å². The number of anilines is 3. The van der Waals surface area contributed by atoms with E-state index in [1.807, 2.05) is 42.5 Å². The summed E-state index contributed by atoms with van der Waals surface area (Å²) < 4.78 is 2.50. The van der Waals surface area contributed by atoms with E-state index in [4.69, 9.17) is 0 Å². The van der Waals surface area contributed by atoms with Gasteiger partial charge in [-0.25, -0.2) is 0 Å². The number of benzene rings is 4. The van der Waals surface area contributed by atoms with Gasteiger partial charge in [-0.15, -0.1) is 0 Å². The Hall–Kier alpha value is -3.71. The maximum atomic E-state index is 13.5. The predicted octanol–water partition coefficient (Wildman–Crippen LogP) is 8.11. The van der Waals surface area contributed by atoms with Gasteiger partial charge in [-0.2, -0.15) is 0 Å². The summed E-state index contributed by atoms with van der Waals surface area (Å²) in [7, 11) is 0. The van der Waals surface area contributed by atoms with E-state index < -0.39 is 20.4 Å². The number of para-hydroxylation sites is 2. The van der Waals surface area contributed by atoms with Crippen molar-refractivity contribution in [2.24, 2.45) is 0 Å². The van der Waals surface area contributed by atoms with Gasteiger partial charge in [0.25, 0.3) is 0 Å². The van der Waals surface area contributed by atoms with E-state index in [-0.39, 0.29) is 22.4 Å². The maximum absolute atomic E-state index is 13.5. The van der Waals surface area contributed by atoms with E-state index in [0.717, 1.165) is 14.4 Å². The summed E-state index contributed by atoms with van der Waals surface area (Å²) in [6.07, 6.45) is 1.91. The van der Waals surface area contributed by atoms with Gasteiger partial charge in [0.15, 0.2) is 0 Å². The second kappa shape index (κ2) is 7.94. The first-order valence-electron chi connectivity index (χ1n) is 13.7. The second-order valence-electron chi connectivity index (χ2n) is 12.1. The molecule has 4 aromatic carbocycles. The molecule has 1 aliphatic carbocycles. The molecule has 5 aromatic rings. The van der Waals surface area contributed by atoms with E-state index in [2.05, 4.69) is 81.1 Å². The molecule has 0 radical (unpaired) electrons. The van der Waals surface area contributed by atoms with Crippen molar-refractivity contribution in [2.45, 2.75) is 38.5 Å². The van der Waals surface area contributed by atoms with E-state index in [1.165, 1.54) is 37.3 Å². The van der Waals surface area contributed by atoms with Gasteiger partial charge in [0, 0.05) is 0 Å². The van der Waals surface area contributed by atoms with Crippen LogP contribution in [0.15, 0.2) is 90.5 Å². The van der Waals surface area contributed by atoms with Crippen LogP contribution >= 0.6 is 0 Å². The molecule has 3 heterocycles. The molecule has 194 valence electrons. The molecule has 3 nitrogen and oxygen atoms in total. The number of ketones is 2. The number of fused-ring (bicyclic) bond motifs is 6. The Morgan fingerprint density at radius 1 is 0.650 bits per heavy atom. The van der Waals surface area contributed by atoms with Crippen LogP contribution < -0.4 is 4.90 Å². The topological polar surface area (TPSA) is 37.4 Å². The van der Waals surface area contributed by atoms with E-state index in [0.29, 0.717) is 16.7 Å². The Kier molecular flexibility index (Phi) is 4.79. The second-order valence-corrected chi connectivity index (χ2v) is 15.2. The Bertz CT molecular complexity index is 1950. The van der Waals surface area contributed by atoms with E-state index in [1.54, 1.807) is 0 Å². The summed E-state index contributed by atoms with van der Waals surface area (Å²) >= 11 is -0.870. The summed E-state index contributed by atoms with van der Waals surface area (Å²) in [5.74, 6) is -0.308.